The molecule has 1 aromatic carbocycles. The van der Waals surface area contributed by atoms with E-state index in [4.69, 9.17) is 0 Å². The molecule has 1 aliphatic heterocycles. The van der Waals surface area contributed by atoms with E-state index in [1.54, 1.807) is 4.90 Å². The van der Waals surface area contributed by atoms with Crippen molar-refractivity contribution in [3.63, 3.8) is 0 Å². The van der Waals surface area contributed by atoms with Gasteiger partial charge in [0, 0.05) is 32.9 Å². The average Bonchev–Trinajstić information content (AvgIpc) is 2.96. The predicted molar refractivity (Wildman–Crippen MR) is 84.7 cm³/mol. The monoisotopic (exact) mass is 291 g/mol. The molecule has 116 valence electrons. The first-order valence-corrected chi connectivity index (χ1v) is 7.53. The molecule has 5 nitrogen and oxygen atoms in total. The maximum atomic E-state index is 12.0. The van der Waals surface area contributed by atoms with E-state index in [1.807, 2.05) is 14.1 Å². The highest BCUT2D eigenvalue weighted by Gasteiger charge is 2.27. The maximum Gasteiger partial charge on any atom is 0.317 e. The van der Waals surface area contributed by atoms with Crippen LogP contribution >= 0.6 is 0 Å². The highest BCUT2D eigenvalue weighted by atomic mass is 16.3. The Balaban J connectivity index is 1.77. The zero-order valence-corrected chi connectivity index (χ0v) is 12.9. The number of hydrogen-bond donors (Lipinski definition) is 2. The molecule has 1 saturated heterocycles. The van der Waals surface area contributed by atoms with Gasteiger partial charge in [-0.1, -0.05) is 12.1 Å². The van der Waals surface area contributed by atoms with E-state index in [-0.39, 0.29) is 18.7 Å². The smallest absolute Gasteiger partial charge is 0.317 e. The van der Waals surface area contributed by atoms with Crippen molar-refractivity contribution in [1.82, 2.24) is 10.2 Å². The van der Waals surface area contributed by atoms with Crippen LogP contribution in [0.4, 0.5) is 10.5 Å². The van der Waals surface area contributed by atoms with Crippen LogP contribution in [0.3, 0.4) is 0 Å². The minimum absolute atomic E-state index is 0.00984. The van der Waals surface area contributed by atoms with Crippen LogP contribution in [0, 0.1) is 0 Å². The molecule has 1 fully saturated rings. The van der Waals surface area contributed by atoms with Crippen molar-refractivity contribution in [2.45, 2.75) is 25.3 Å². The SMILES string of the molecule is CN(C)c1ccc(CCNC(=O)N2CCC[C@H]2CO)cc1. The minimum atomic E-state index is -0.0588. The van der Waals surface area contributed by atoms with Crippen molar-refractivity contribution in [3.8, 4) is 0 Å². The molecule has 0 saturated carbocycles. The van der Waals surface area contributed by atoms with Crippen LogP contribution in [0.2, 0.25) is 0 Å². The Hall–Kier alpha value is -1.75. The van der Waals surface area contributed by atoms with Crippen molar-refractivity contribution in [2.24, 2.45) is 0 Å². The van der Waals surface area contributed by atoms with Gasteiger partial charge in [-0.25, -0.2) is 4.79 Å². The van der Waals surface area contributed by atoms with Gasteiger partial charge in [0.15, 0.2) is 0 Å². The molecule has 1 aromatic rings. The summed E-state index contributed by atoms with van der Waals surface area (Å²) in [5.74, 6) is 0. The molecule has 1 heterocycles. The van der Waals surface area contributed by atoms with Gasteiger partial charge in [0.05, 0.1) is 12.6 Å². The fraction of sp³-hybridized carbons (Fsp3) is 0.562. The van der Waals surface area contributed by atoms with Gasteiger partial charge in [-0.2, -0.15) is 0 Å². The standard InChI is InChI=1S/C16H25N3O2/c1-18(2)14-7-5-13(6-8-14)9-10-17-16(21)19-11-3-4-15(19)12-20/h5-8,15,20H,3-4,9-12H2,1-2H3,(H,17,21)/t15-/m0/s1. The molecule has 0 radical (unpaired) electrons. The Morgan fingerprint density at radius 3 is 2.71 bits per heavy atom. The van der Waals surface area contributed by atoms with Gasteiger partial charge >= 0.3 is 6.03 Å². The number of anilines is 1. The molecular formula is C16H25N3O2. The normalized spacial score (nSPS) is 17.9. The summed E-state index contributed by atoms with van der Waals surface area (Å²) in [5.41, 5.74) is 2.38. The summed E-state index contributed by atoms with van der Waals surface area (Å²) in [6.45, 7) is 1.42. The van der Waals surface area contributed by atoms with E-state index in [1.165, 1.54) is 11.3 Å². The lowest BCUT2D eigenvalue weighted by Gasteiger charge is -2.23. The first-order chi connectivity index (χ1) is 10.1. The van der Waals surface area contributed by atoms with E-state index in [9.17, 15) is 9.90 Å². The van der Waals surface area contributed by atoms with Crippen molar-refractivity contribution in [3.05, 3.63) is 29.8 Å². The number of urea groups is 1. The zero-order chi connectivity index (χ0) is 15.2. The number of carbonyl (C=O) groups is 1. The van der Waals surface area contributed by atoms with E-state index in [0.717, 1.165) is 25.8 Å². The van der Waals surface area contributed by atoms with Crippen LogP contribution < -0.4 is 10.2 Å². The van der Waals surface area contributed by atoms with Crippen LogP contribution in [-0.2, 0) is 6.42 Å². The molecule has 21 heavy (non-hydrogen) atoms. The molecular weight excluding hydrogens is 266 g/mol. The van der Waals surface area contributed by atoms with Crippen molar-refractivity contribution in [2.75, 3.05) is 38.7 Å². The largest absolute Gasteiger partial charge is 0.394 e. The lowest BCUT2D eigenvalue weighted by molar-refractivity contribution is 0.157. The Kier molecular flexibility index (Phi) is 5.44. The molecule has 2 N–H and O–H groups in total. The third kappa shape index (κ3) is 4.11. The fourth-order valence-electron chi connectivity index (χ4n) is 2.67. The minimum Gasteiger partial charge on any atom is -0.394 e. The molecule has 0 aliphatic carbocycles. The second-order valence-corrected chi connectivity index (χ2v) is 5.71. The molecule has 2 rings (SSSR count). The number of benzene rings is 1. The summed E-state index contributed by atoms with van der Waals surface area (Å²) in [5, 5.41) is 12.2. The topological polar surface area (TPSA) is 55.8 Å². The van der Waals surface area contributed by atoms with Crippen molar-refractivity contribution < 1.29 is 9.90 Å². The van der Waals surface area contributed by atoms with Gasteiger partial charge in [0.2, 0.25) is 0 Å². The van der Waals surface area contributed by atoms with Crippen LogP contribution in [0.5, 0.6) is 0 Å². The number of aliphatic hydroxyl groups is 1. The van der Waals surface area contributed by atoms with Crippen LogP contribution in [0.1, 0.15) is 18.4 Å². The summed E-state index contributed by atoms with van der Waals surface area (Å²) in [6, 6.07) is 8.28. The van der Waals surface area contributed by atoms with E-state index in [2.05, 4.69) is 34.5 Å². The fourth-order valence-corrected chi connectivity index (χ4v) is 2.67. The van der Waals surface area contributed by atoms with Crippen LogP contribution in [0.15, 0.2) is 24.3 Å². The Morgan fingerprint density at radius 2 is 2.10 bits per heavy atom. The lowest BCUT2D eigenvalue weighted by Crippen LogP contribution is -2.44. The van der Waals surface area contributed by atoms with Crippen molar-refractivity contribution >= 4 is 11.7 Å². The summed E-state index contributed by atoms with van der Waals surface area (Å²) in [7, 11) is 4.03. The maximum absolute atomic E-state index is 12.0. The summed E-state index contributed by atoms with van der Waals surface area (Å²) in [6.07, 6.45) is 2.69. The van der Waals surface area contributed by atoms with Gasteiger partial charge in [-0.05, 0) is 37.0 Å². The Bertz CT molecular complexity index is 459. The first kappa shape index (κ1) is 15.6. The van der Waals surface area contributed by atoms with Gasteiger partial charge in [-0.15, -0.1) is 0 Å². The lowest BCUT2D eigenvalue weighted by atomic mass is 10.1. The third-order valence-electron chi connectivity index (χ3n) is 3.99. The Morgan fingerprint density at radius 1 is 1.38 bits per heavy atom. The van der Waals surface area contributed by atoms with E-state index < -0.39 is 0 Å². The molecule has 2 amide bonds. The average molecular weight is 291 g/mol. The number of nitrogens with zero attached hydrogens (tertiary/aromatic N) is 2. The number of carbonyl (C=O) groups excluding carboxylic acids is 1. The molecule has 0 unspecified atom stereocenters. The summed E-state index contributed by atoms with van der Waals surface area (Å²) < 4.78 is 0. The number of likely N-dealkylation sites (tertiary alicyclic amines) is 1. The van der Waals surface area contributed by atoms with Gasteiger partial charge in [0.1, 0.15) is 0 Å². The number of nitrogens with one attached hydrogen (secondary N) is 1. The summed E-state index contributed by atoms with van der Waals surface area (Å²) >= 11 is 0. The number of hydrogen-bond acceptors (Lipinski definition) is 3. The first-order valence-electron chi connectivity index (χ1n) is 7.53. The van der Waals surface area contributed by atoms with E-state index >= 15 is 0 Å². The van der Waals surface area contributed by atoms with Crippen LogP contribution in [-0.4, -0.2) is 55.9 Å². The van der Waals surface area contributed by atoms with Gasteiger partial charge < -0.3 is 20.2 Å². The summed E-state index contributed by atoms with van der Waals surface area (Å²) in [4.78, 5) is 15.9. The number of aliphatic hydroxyl groups excluding tert-OH is 1. The second kappa shape index (κ2) is 7.31. The van der Waals surface area contributed by atoms with Gasteiger partial charge in [0.25, 0.3) is 0 Å². The molecule has 0 aromatic heterocycles. The predicted octanol–water partition coefficient (Wildman–Crippen LogP) is 1.46. The molecule has 5 heteroatoms. The van der Waals surface area contributed by atoms with Crippen molar-refractivity contribution in [1.29, 1.82) is 0 Å². The zero-order valence-electron chi connectivity index (χ0n) is 12.9. The highest BCUT2D eigenvalue weighted by Crippen LogP contribution is 2.16. The molecule has 0 bridgehead atoms. The van der Waals surface area contributed by atoms with Gasteiger partial charge in [-0.3, -0.25) is 0 Å². The molecule has 0 spiro atoms. The molecule has 1 aliphatic rings. The number of amides is 2. The third-order valence-corrected chi connectivity index (χ3v) is 3.99. The Labute approximate surface area is 126 Å². The highest BCUT2D eigenvalue weighted by molar-refractivity contribution is 5.74. The molecule has 1 atom stereocenters. The van der Waals surface area contributed by atoms with Crippen LogP contribution in [0.25, 0.3) is 0 Å². The number of rotatable bonds is 5. The second-order valence-electron chi connectivity index (χ2n) is 5.71. The van der Waals surface area contributed by atoms with E-state index in [0.29, 0.717) is 6.54 Å². The quantitative estimate of drug-likeness (QED) is 0.863.